The number of fused-ring (bicyclic) bond motifs is 1. The number of hydrogen-bond acceptors (Lipinski definition) is 5. The van der Waals surface area contributed by atoms with E-state index in [-0.39, 0.29) is 17.6 Å². The van der Waals surface area contributed by atoms with E-state index in [1.54, 1.807) is 35.2 Å². The first kappa shape index (κ1) is 17.7. The van der Waals surface area contributed by atoms with E-state index < -0.39 is 10.0 Å². The summed E-state index contributed by atoms with van der Waals surface area (Å²) in [5.41, 5.74) is 0.748. The van der Waals surface area contributed by atoms with Crippen molar-refractivity contribution in [1.29, 1.82) is 0 Å². The highest BCUT2D eigenvalue weighted by atomic mass is 32.2. The molecule has 1 saturated heterocycles. The average molecular weight is 388 g/mol. The molecule has 0 aliphatic carbocycles. The molecule has 0 atom stereocenters. The van der Waals surface area contributed by atoms with Gasteiger partial charge in [-0.2, -0.15) is 0 Å². The Morgan fingerprint density at radius 3 is 2.56 bits per heavy atom. The second-order valence-corrected chi connectivity index (χ2v) is 8.24. The highest BCUT2D eigenvalue weighted by Crippen LogP contribution is 2.34. The van der Waals surface area contributed by atoms with E-state index in [0.29, 0.717) is 35.8 Å². The van der Waals surface area contributed by atoms with Crippen LogP contribution in [0.15, 0.2) is 47.4 Å². The fraction of sp³-hybridized carbons (Fsp3) is 0.316. The summed E-state index contributed by atoms with van der Waals surface area (Å²) in [5, 5.41) is 0. The monoisotopic (exact) mass is 388 g/mol. The summed E-state index contributed by atoms with van der Waals surface area (Å²) in [6, 6.07) is 11.0. The van der Waals surface area contributed by atoms with E-state index in [4.69, 9.17) is 9.47 Å². The standard InChI is InChI=1S/C19H20N2O5S/c22-19(21-9-2-1-3-10-21)14-5-4-6-16(11-14)27(23,24)20-15-7-8-17-18(12-15)26-13-25-17/h4-8,11-12,20H,1-3,9-10,13H2. The maximum Gasteiger partial charge on any atom is 0.261 e. The Hall–Kier alpha value is -2.74. The van der Waals surface area contributed by atoms with E-state index in [9.17, 15) is 13.2 Å². The second kappa shape index (κ2) is 7.11. The molecule has 0 spiro atoms. The van der Waals surface area contributed by atoms with Crippen molar-refractivity contribution in [1.82, 2.24) is 4.90 Å². The SMILES string of the molecule is O=C(c1cccc(S(=O)(=O)Nc2ccc3c(c2)OCO3)c1)N1CCCCC1. The van der Waals surface area contributed by atoms with Gasteiger partial charge in [-0.1, -0.05) is 6.07 Å². The van der Waals surface area contributed by atoms with Gasteiger partial charge in [-0.25, -0.2) is 8.42 Å². The topological polar surface area (TPSA) is 84.9 Å². The summed E-state index contributed by atoms with van der Waals surface area (Å²) in [6.07, 6.45) is 3.09. The van der Waals surface area contributed by atoms with Crippen LogP contribution in [0.25, 0.3) is 0 Å². The Kier molecular flexibility index (Phi) is 4.65. The zero-order chi connectivity index (χ0) is 18.9. The quantitative estimate of drug-likeness (QED) is 0.871. The summed E-state index contributed by atoms with van der Waals surface area (Å²) in [5.74, 6) is 0.936. The Morgan fingerprint density at radius 2 is 1.74 bits per heavy atom. The lowest BCUT2D eigenvalue weighted by molar-refractivity contribution is 0.0724. The van der Waals surface area contributed by atoms with Crippen LogP contribution < -0.4 is 14.2 Å². The van der Waals surface area contributed by atoms with Crippen LogP contribution in [0.2, 0.25) is 0 Å². The zero-order valence-electron chi connectivity index (χ0n) is 14.7. The predicted molar refractivity (Wildman–Crippen MR) is 99.6 cm³/mol. The number of anilines is 1. The predicted octanol–water partition coefficient (Wildman–Crippen LogP) is 2.84. The number of amides is 1. The summed E-state index contributed by atoms with van der Waals surface area (Å²) in [6.45, 7) is 1.54. The molecule has 0 saturated carbocycles. The van der Waals surface area contributed by atoms with Gasteiger partial charge in [0.2, 0.25) is 6.79 Å². The summed E-state index contributed by atoms with van der Waals surface area (Å²) in [7, 11) is -3.83. The van der Waals surface area contributed by atoms with Gasteiger partial charge in [0, 0.05) is 24.7 Å². The van der Waals surface area contributed by atoms with E-state index in [1.807, 2.05) is 0 Å². The Morgan fingerprint density at radius 1 is 0.963 bits per heavy atom. The van der Waals surface area contributed by atoms with Crippen LogP contribution in [0.3, 0.4) is 0 Å². The van der Waals surface area contributed by atoms with Gasteiger partial charge in [-0.15, -0.1) is 0 Å². The molecule has 0 bridgehead atoms. The molecule has 2 heterocycles. The van der Waals surface area contributed by atoms with Crippen LogP contribution in [0.1, 0.15) is 29.6 Å². The molecule has 0 aromatic heterocycles. The first-order valence-corrected chi connectivity index (χ1v) is 10.3. The van der Waals surface area contributed by atoms with E-state index >= 15 is 0 Å². The fourth-order valence-electron chi connectivity index (χ4n) is 3.25. The first-order chi connectivity index (χ1) is 13.0. The number of nitrogens with one attached hydrogen (secondary N) is 1. The number of sulfonamides is 1. The van der Waals surface area contributed by atoms with Crippen molar-refractivity contribution in [2.45, 2.75) is 24.2 Å². The van der Waals surface area contributed by atoms with E-state index in [2.05, 4.69) is 4.72 Å². The fourth-order valence-corrected chi connectivity index (χ4v) is 4.34. The Labute approximate surface area is 157 Å². The molecule has 2 aromatic rings. The van der Waals surface area contributed by atoms with Crippen molar-refractivity contribution < 1.29 is 22.7 Å². The average Bonchev–Trinajstić information content (AvgIpc) is 3.16. The summed E-state index contributed by atoms with van der Waals surface area (Å²) >= 11 is 0. The molecule has 1 fully saturated rings. The zero-order valence-corrected chi connectivity index (χ0v) is 15.5. The van der Waals surface area contributed by atoms with Gasteiger partial charge >= 0.3 is 0 Å². The van der Waals surface area contributed by atoms with Gasteiger partial charge in [0.1, 0.15) is 0 Å². The number of hydrogen-bond donors (Lipinski definition) is 1. The molecule has 4 rings (SSSR count). The number of rotatable bonds is 4. The van der Waals surface area contributed by atoms with Crippen LogP contribution in [0.4, 0.5) is 5.69 Å². The van der Waals surface area contributed by atoms with Gasteiger partial charge in [0.15, 0.2) is 11.5 Å². The third-order valence-electron chi connectivity index (χ3n) is 4.66. The Balaban J connectivity index is 1.55. The molecular weight excluding hydrogens is 368 g/mol. The number of piperidine rings is 1. The third-order valence-corrected chi connectivity index (χ3v) is 6.04. The minimum absolute atomic E-state index is 0.0445. The van der Waals surface area contributed by atoms with Crippen LogP contribution >= 0.6 is 0 Å². The number of carbonyl (C=O) groups excluding carboxylic acids is 1. The highest BCUT2D eigenvalue weighted by Gasteiger charge is 2.22. The van der Waals surface area contributed by atoms with E-state index in [0.717, 1.165) is 19.3 Å². The minimum atomic E-state index is -3.83. The number of nitrogens with zero attached hydrogens (tertiary/aromatic N) is 1. The van der Waals surface area contributed by atoms with Gasteiger partial charge in [-0.3, -0.25) is 9.52 Å². The Bertz CT molecular complexity index is 968. The van der Waals surface area contributed by atoms with Crippen molar-refractivity contribution in [2.75, 3.05) is 24.6 Å². The maximum absolute atomic E-state index is 12.7. The van der Waals surface area contributed by atoms with Crippen molar-refractivity contribution in [3.8, 4) is 11.5 Å². The first-order valence-electron chi connectivity index (χ1n) is 8.85. The molecule has 142 valence electrons. The van der Waals surface area contributed by atoms with Crippen LogP contribution in [0.5, 0.6) is 11.5 Å². The third kappa shape index (κ3) is 3.71. The van der Waals surface area contributed by atoms with Crippen molar-refractivity contribution in [3.63, 3.8) is 0 Å². The normalized spacial score (nSPS) is 16.2. The molecule has 1 amide bonds. The molecule has 7 nitrogen and oxygen atoms in total. The van der Waals surface area contributed by atoms with E-state index in [1.165, 1.54) is 12.1 Å². The van der Waals surface area contributed by atoms with Crippen molar-refractivity contribution in [2.24, 2.45) is 0 Å². The molecule has 1 N–H and O–H groups in total. The second-order valence-electron chi connectivity index (χ2n) is 6.55. The van der Waals surface area contributed by atoms with Crippen molar-refractivity contribution in [3.05, 3.63) is 48.0 Å². The molecule has 27 heavy (non-hydrogen) atoms. The van der Waals surface area contributed by atoms with Crippen molar-refractivity contribution >= 4 is 21.6 Å². The maximum atomic E-state index is 12.7. The number of likely N-dealkylation sites (tertiary alicyclic amines) is 1. The van der Waals surface area contributed by atoms with Gasteiger partial charge in [0.05, 0.1) is 10.6 Å². The lowest BCUT2D eigenvalue weighted by atomic mass is 10.1. The molecule has 2 aromatic carbocycles. The molecule has 2 aliphatic rings. The van der Waals surface area contributed by atoms with Gasteiger partial charge in [0.25, 0.3) is 15.9 Å². The molecular formula is C19H20N2O5S. The molecule has 2 aliphatic heterocycles. The molecule has 0 unspecified atom stereocenters. The van der Waals surface area contributed by atoms with Crippen LogP contribution in [-0.4, -0.2) is 39.1 Å². The lowest BCUT2D eigenvalue weighted by Crippen LogP contribution is -2.35. The number of ether oxygens (including phenoxy) is 2. The summed E-state index contributed by atoms with van der Waals surface area (Å²) in [4.78, 5) is 14.5. The van der Waals surface area contributed by atoms with Crippen LogP contribution in [-0.2, 0) is 10.0 Å². The summed E-state index contributed by atoms with van der Waals surface area (Å²) < 4.78 is 38.5. The minimum Gasteiger partial charge on any atom is -0.454 e. The van der Waals surface area contributed by atoms with Gasteiger partial charge in [-0.05, 0) is 49.6 Å². The molecule has 8 heteroatoms. The highest BCUT2D eigenvalue weighted by molar-refractivity contribution is 7.92. The largest absolute Gasteiger partial charge is 0.454 e. The smallest absolute Gasteiger partial charge is 0.261 e. The number of carbonyl (C=O) groups is 1. The van der Waals surface area contributed by atoms with Crippen LogP contribution in [0, 0.1) is 0 Å². The van der Waals surface area contributed by atoms with Gasteiger partial charge < -0.3 is 14.4 Å². The lowest BCUT2D eigenvalue weighted by Gasteiger charge is -2.26. The number of benzene rings is 2. The molecule has 0 radical (unpaired) electrons.